The molecule has 1 N–H and O–H groups in total. The lowest BCUT2D eigenvalue weighted by Crippen LogP contribution is -2.42. The molecule has 0 bridgehead atoms. The van der Waals surface area contributed by atoms with Crippen molar-refractivity contribution in [2.24, 2.45) is 5.92 Å². The molecule has 31 heavy (non-hydrogen) atoms. The predicted octanol–water partition coefficient (Wildman–Crippen LogP) is 4.59. The van der Waals surface area contributed by atoms with Crippen molar-refractivity contribution in [1.29, 1.82) is 0 Å². The average molecular weight is 435 g/mol. The molecular weight excluding hydrogens is 408 g/mol. The van der Waals surface area contributed by atoms with Crippen molar-refractivity contribution >= 4 is 23.2 Å². The number of ether oxygens (including phenoxy) is 1. The molecule has 2 aromatic carbocycles. The highest BCUT2D eigenvalue weighted by Gasteiger charge is 2.27. The maximum absolute atomic E-state index is 12.9. The number of methoxy groups -OCH3 is 1. The van der Waals surface area contributed by atoms with Crippen LogP contribution >= 0.6 is 11.3 Å². The van der Waals surface area contributed by atoms with E-state index in [1.54, 1.807) is 18.4 Å². The summed E-state index contributed by atoms with van der Waals surface area (Å²) >= 11 is 1.64. The summed E-state index contributed by atoms with van der Waals surface area (Å²) in [7, 11) is 1.65. The van der Waals surface area contributed by atoms with Crippen LogP contribution in [0.25, 0.3) is 11.1 Å². The lowest BCUT2D eigenvalue weighted by molar-refractivity contribution is -0.126. The van der Waals surface area contributed by atoms with E-state index < -0.39 is 0 Å². The fraction of sp³-hybridized carbons (Fsp3) is 0.280. The zero-order valence-corrected chi connectivity index (χ0v) is 18.4. The van der Waals surface area contributed by atoms with E-state index in [4.69, 9.17) is 4.74 Å². The van der Waals surface area contributed by atoms with Crippen LogP contribution in [0.1, 0.15) is 28.1 Å². The topological polar surface area (TPSA) is 58.6 Å². The lowest BCUT2D eigenvalue weighted by atomic mass is 9.95. The van der Waals surface area contributed by atoms with Crippen LogP contribution in [0, 0.1) is 5.92 Å². The highest BCUT2D eigenvalue weighted by molar-refractivity contribution is 7.09. The van der Waals surface area contributed by atoms with Gasteiger partial charge in [-0.2, -0.15) is 0 Å². The number of thiophene rings is 1. The number of rotatable bonds is 6. The molecular formula is C25H26N2O3S. The number of amides is 2. The first-order valence-electron chi connectivity index (χ1n) is 10.5. The second-order valence-corrected chi connectivity index (χ2v) is 8.71. The van der Waals surface area contributed by atoms with E-state index in [0.29, 0.717) is 38.0 Å². The van der Waals surface area contributed by atoms with E-state index in [-0.39, 0.29) is 17.7 Å². The van der Waals surface area contributed by atoms with Gasteiger partial charge in [-0.25, -0.2) is 0 Å². The van der Waals surface area contributed by atoms with Crippen LogP contribution in [0.4, 0.5) is 0 Å². The van der Waals surface area contributed by atoms with Crippen molar-refractivity contribution in [2.45, 2.75) is 19.4 Å². The zero-order chi connectivity index (χ0) is 21.6. The first kappa shape index (κ1) is 21.1. The Kier molecular flexibility index (Phi) is 6.67. The molecule has 0 spiro atoms. The molecule has 1 fully saturated rings. The number of hydrogen-bond donors (Lipinski definition) is 1. The summed E-state index contributed by atoms with van der Waals surface area (Å²) in [6, 6.07) is 19.5. The number of nitrogens with one attached hydrogen (secondary N) is 1. The third-order valence-corrected chi connectivity index (χ3v) is 6.58. The Morgan fingerprint density at radius 1 is 1.03 bits per heavy atom. The van der Waals surface area contributed by atoms with Crippen LogP contribution in [0.5, 0.6) is 5.75 Å². The minimum atomic E-state index is -0.0283. The SMILES string of the molecule is COc1cccc(-c2ccc(C(=O)N3CCC(C(=O)NCc4cccs4)CC3)cc2)c1. The molecule has 1 aromatic heterocycles. The van der Waals surface area contributed by atoms with E-state index in [0.717, 1.165) is 21.8 Å². The summed E-state index contributed by atoms with van der Waals surface area (Å²) in [5, 5.41) is 5.03. The highest BCUT2D eigenvalue weighted by atomic mass is 32.1. The molecule has 2 amide bonds. The first-order valence-corrected chi connectivity index (χ1v) is 11.4. The van der Waals surface area contributed by atoms with Gasteiger partial charge in [-0.1, -0.05) is 30.3 Å². The highest BCUT2D eigenvalue weighted by Crippen LogP contribution is 2.25. The molecule has 6 heteroatoms. The van der Waals surface area contributed by atoms with Gasteiger partial charge in [0.05, 0.1) is 13.7 Å². The van der Waals surface area contributed by atoms with Gasteiger partial charge in [-0.3, -0.25) is 9.59 Å². The molecule has 0 radical (unpaired) electrons. The van der Waals surface area contributed by atoms with Crippen molar-refractivity contribution in [1.82, 2.24) is 10.2 Å². The van der Waals surface area contributed by atoms with Gasteiger partial charge < -0.3 is 15.0 Å². The van der Waals surface area contributed by atoms with E-state index in [1.807, 2.05) is 70.9 Å². The third kappa shape index (κ3) is 5.14. The maximum atomic E-state index is 12.9. The molecule has 2 heterocycles. The Morgan fingerprint density at radius 2 is 1.81 bits per heavy atom. The Hall–Kier alpha value is -3.12. The summed E-state index contributed by atoms with van der Waals surface area (Å²) in [5.74, 6) is 0.886. The molecule has 0 saturated carbocycles. The predicted molar refractivity (Wildman–Crippen MR) is 123 cm³/mol. The molecule has 1 aliphatic rings. The second-order valence-electron chi connectivity index (χ2n) is 7.67. The number of piperidine rings is 1. The number of benzene rings is 2. The Balaban J connectivity index is 1.31. The van der Waals surface area contributed by atoms with Crippen molar-refractivity contribution in [3.8, 4) is 16.9 Å². The van der Waals surface area contributed by atoms with Crippen molar-refractivity contribution in [3.63, 3.8) is 0 Å². The number of nitrogens with zero attached hydrogens (tertiary/aromatic N) is 1. The Morgan fingerprint density at radius 3 is 2.48 bits per heavy atom. The summed E-state index contributed by atoms with van der Waals surface area (Å²) < 4.78 is 5.29. The number of likely N-dealkylation sites (tertiary alicyclic amines) is 1. The average Bonchev–Trinajstić information content (AvgIpc) is 3.36. The zero-order valence-electron chi connectivity index (χ0n) is 17.5. The van der Waals surface area contributed by atoms with Crippen molar-refractivity contribution in [3.05, 3.63) is 76.5 Å². The van der Waals surface area contributed by atoms with Crippen LogP contribution in [0.3, 0.4) is 0 Å². The summed E-state index contributed by atoms with van der Waals surface area (Å²) in [6.45, 7) is 1.79. The van der Waals surface area contributed by atoms with Crippen LogP contribution in [-0.2, 0) is 11.3 Å². The van der Waals surface area contributed by atoms with Gasteiger partial charge in [0.25, 0.3) is 5.91 Å². The summed E-state index contributed by atoms with van der Waals surface area (Å²) in [6.07, 6.45) is 1.40. The van der Waals surface area contributed by atoms with Crippen molar-refractivity contribution in [2.75, 3.05) is 20.2 Å². The molecule has 0 aliphatic carbocycles. The van der Waals surface area contributed by atoms with Gasteiger partial charge in [0, 0.05) is 29.4 Å². The van der Waals surface area contributed by atoms with E-state index in [2.05, 4.69) is 5.32 Å². The maximum Gasteiger partial charge on any atom is 0.253 e. The fourth-order valence-electron chi connectivity index (χ4n) is 3.87. The van der Waals surface area contributed by atoms with Gasteiger partial charge in [0.15, 0.2) is 0 Å². The number of hydrogen-bond acceptors (Lipinski definition) is 4. The van der Waals surface area contributed by atoms with Crippen LogP contribution in [0.2, 0.25) is 0 Å². The van der Waals surface area contributed by atoms with Crippen molar-refractivity contribution < 1.29 is 14.3 Å². The van der Waals surface area contributed by atoms with Gasteiger partial charge in [0.1, 0.15) is 5.75 Å². The standard InChI is InChI=1S/C25H26N2O3S/c1-30-22-5-2-4-21(16-22)18-7-9-20(10-8-18)25(29)27-13-11-19(12-14-27)24(28)26-17-23-6-3-15-31-23/h2-10,15-16,19H,11-14,17H2,1H3,(H,26,28). The molecule has 4 rings (SSSR count). The quantitative estimate of drug-likeness (QED) is 0.617. The number of carbonyl (C=O) groups is 2. The fourth-order valence-corrected chi connectivity index (χ4v) is 4.51. The normalized spacial score (nSPS) is 14.3. The van der Waals surface area contributed by atoms with Gasteiger partial charge in [-0.05, 0) is 59.7 Å². The van der Waals surface area contributed by atoms with Crippen LogP contribution in [0.15, 0.2) is 66.0 Å². The van der Waals surface area contributed by atoms with E-state index in [1.165, 1.54) is 0 Å². The largest absolute Gasteiger partial charge is 0.497 e. The molecule has 160 valence electrons. The monoisotopic (exact) mass is 434 g/mol. The van der Waals surface area contributed by atoms with E-state index in [9.17, 15) is 9.59 Å². The third-order valence-electron chi connectivity index (χ3n) is 5.70. The molecule has 0 unspecified atom stereocenters. The molecule has 3 aromatic rings. The van der Waals surface area contributed by atoms with Crippen LogP contribution < -0.4 is 10.1 Å². The summed E-state index contributed by atoms with van der Waals surface area (Å²) in [4.78, 5) is 28.4. The molecule has 1 aliphatic heterocycles. The minimum absolute atomic E-state index is 0.0228. The first-order chi connectivity index (χ1) is 15.1. The van der Waals surface area contributed by atoms with Gasteiger partial charge in [-0.15, -0.1) is 11.3 Å². The van der Waals surface area contributed by atoms with E-state index >= 15 is 0 Å². The molecule has 5 nitrogen and oxygen atoms in total. The summed E-state index contributed by atoms with van der Waals surface area (Å²) in [5.41, 5.74) is 2.76. The lowest BCUT2D eigenvalue weighted by Gasteiger charge is -2.31. The smallest absolute Gasteiger partial charge is 0.253 e. The molecule has 0 atom stereocenters. The Bertz CT molecular complexity index is 1020. The van der Waals surface area contributed by atoms with Gasteiger partial charge >= 0.3 is 0 Å². The van der Waals surface area contributed by atoms with Crippen LogP contribution in [-0.4, -0.2) is 36.9 Å². The Labute approximate surface area is 186 Å². The second kappa shape index (κ2) is 9.79. The van der Waals surface area contributed by atoms with Gasteiger partial charge in [0.2, 0.25) is 5.91 Å². The number of carbonyl (C=O) groups excluding carboxylic acids is 2. The molecule has 1 saturated heterocycles. The minimum Gasteiger partial charge on any atom is -0.497 e.